The van der Waals surface area contributed by atoms with Crippen LogP contribution in [0.2, 0.25) is 0 Å². The Kier molecular flexibility index (Phi) is 7.68. The predicted molar refractivity (Wildman–Crippen MR) is 151 cm³/mol. The molecule has 3 heterocycles. The van der Waals surface area contributed by atoms with Crippen molar-refractivity contribution in [2.75, 3.05) is 25.9 Å². The molecule has 0 unspecified atom stereocenters. The van der Waals surface area contributed by atoms with Crippen molar-refractivity contribution in [1.82, 2.24) is 24.8 Å². The van der Waals surface area contributed by atoms with E-state index in [1.807, 2.05) is 47.6 Å². The number of aromatic nitrogens is 3. The van der Waals surface area contributed by atoms with Gasteiger partial charge in [-0.15, -0.1) is 0 Å². The van der Waals surface area contributed by atoms with Gasteiger partial charge >= 0.3 is 0 Å². The number of nitrogens with two attached hydrogens (primary N) is 1. The Morgan fingerprint density at radius 1 is 1.12 bits per heavy atom. The largest absolute Gasteiger partial charge is 0.496 e. The molecule has 0 saturated carbocycles. The van der Waals surface area contributed by atoms with E-state index >= 15 is 0 Å². The normalized spacial score (nSPS) is 14.1. The van der Waals surface area contributed by atoms with Crippen LogP contribution < -0.4 is 15.8 Å². The Hall–Kier alpha value is -4.47. The van der Waals surface area contributed by atoms with Crippen LogP contribution in [0.3, 0.4) is 0 Å². The number of piperidine rings is 1. The van der Waals surface area contributed by atoms with Gasteiger partial charge in [0.05, 0.1) is 18.2 Å². The van der Waals surface area contributed by atoms with Gasteiger partial charge in [-0.25, -0.2) is 14.4 Å². The number of methoxy groups -OCH3 is 1. The molecule has 0 atom stereocenters. The highest BCUT2D eigenvalue weighted by atomic mass is 19.1. The van der Waals surface area contributed by atoms with Crippen molar-refractivity contribution in [3.63, 3.8) is 0 Å². The van der Waals surface area contributed by atoms with Gasteiger partial charge in [-0.2, -0.15) is 0 Å². The first-order valence-corrected chi connectivity index (χ1v) is 13.4. The molecule has 3 N–H and O–H groups in total. The minimum Gasteiger partial charge on any atom is -0.496 e. The molecule has 1 fully saturated rings. The summed E-state index contributed by atoms with van der Waals surface area (Å²) in [5, 5.41) is 2.82. The molecular weight excluding hydrogens is 511 g/mol. The van der Waals surface area contributed by atoms with Crippen LogP contribution in [-0.2, 0) is 11.3 Å². The third kappa shape index (κ3) is 5.34. The third-order valence-corrected chi connectivity index (χ3v) is 7.45. The SMILES string of the molecule is COc1ccc(F)cc1C(=O)NCc1ccc(-n2cc(C3CCN(C(=O)C(C)C)CC3)c3ncnc(N)c32)cc1. The van der Waals surface area contributed by atoms with Crippen molar-refractivity contribution in [2.24, 2.45) is 5.92 Å². The van der Waals surface area contributed by atoms with Gasteiger partial charge < -0.3 is 25.3 Å². The Morgan fingerprint density at radius 2 is 1.85 bits per heavy atom. The first-order chi connectivity index (χ1) is 19.3. The second kappa shape index (κ2) is 11.3. The fourth-order valence-electron chi connectivity index (χ4n) is 5.29. The summed E-state index contributed by atoms with van der Waals surface area (Å²) in [6, 6.07) is 11.6. The maximum Gasteiger partial charge on any atom is 0.255 e. The molecule has 0 bridgehead atoms. The van der Waals surface area contributed by atoms with E-state index in [-0.39, 0.29) is 29.9 Å². The van der Waals surface area contributed by atoms with Crippen molar-refractivity contribution < 1.29 is 18.7 Å². The summed E-state index contributed by atoms with van der Waals surface area (Å²) in [7, 11) is 1.44. The van der Waals surface area contributed by atoms with E-state index < -0.39 is 11.7 Å². The van der Waals surface area contributed by atoms with Crippen LogP contribution in [0.15, 0.2) is 55.0 Å². The van der Waals surface area contributed by atoms with Gasteiger partial charge in [-0.3, -0.25) is 9.59 Å². The van der Waals surface area contributed by atoms with Gasteiger partial charge in [-0.1, -0.05) is 26.0 Å². The lowest BCUT2D eigenvalue weighted by Gasteiger charge is -2.33. The molecule has 4 aromatic rings. The maximum absolute atomic E-state index is 13.7. The molecule has 0 spiro atoms. The van der Waals surface area contributed by atoms with Crippen molar-refractivity contribution in [2.45, 2.75) is 39.2 Å². The average molecular weight is 545 g/mol. The zero-order chi connectivity index (χ0) is 28.4. The van der Waals surface area contributed by atoms with Crippen LogP contribution in [0.1, 0.15) is 54.1 Å². The maximum atomic E-state index is 13.7. The highest BCUT2D eigenvalue weighted by Crippen LogP contribution is 2.36. The number of nitrogen functional groups attached to an aromatic ring is 1. The van der Waals surface area contributed by atoms with Gasteiger partial charge in [-0.05, 0) is 60.2 Å². The van der Waals surface area contributed by atoms with Gasteiger partial charge in [0, 0.05) is 37.4 Å². The number of ether oxygens (including phenoxy) is 1. The van der Waals surface area contributed by atoms with E-state index in [1.165, 1.54) is 25.6 Å². The number of rotatable bonds is 7. The topological polar surface area (TPSA) is 115 Å². The number of hydrogen-bond donors (Lipinski definition) is 2. The monoisotopic (exact) mass is 544 g/mol. The van der Waals surface area contributed by atoms with Crippen LogP contribution >= 0.6 is 0 Å². The van der Waals surface area contributed by atoms with Gasteiger partial charge in [0.1, 0.15) is 23.4 Å². The molecule has 1 aliphatic heterocycles. The number of benzene rings is 2. The molecule has 1 saturated heterocycles. The Balaban J connectivity index is 1.35. The average Bonchev–Trinajstić information content (AvgIpc) is 3.37. The summed E-state index contributed by atoms with van der Waals surface area (Å²) in [5.41, 5.74) is 10.9. The van der Waals surface area contributed by atoms with Crippen LogP contribution in [0.5, 0.6) is 5.75 Å². The molecule has 40 heavy (non-hydrogen) atoms. The Morgan fingerprint density at radius 3 is 2.52 bits per heavy atom. The number of carbonyl (C=O) groups excluding carboxylic acids is 2. The molecule has 2 aromatic carbocycles. The molecular formula is C30H33FN6O3. The molecule has 9 nitrogen and oxygen atoms in total. The van der Waals surface area contributed by atoms with Gasteiger partial charge in [0.2, 0.25) is 5.91 Å². The summed E-state index contributed by atoms with van der Waals surface area (Å²) < 4.78 is 20.9. The number of carbonyl (C=O) groups is 2. The summed E-state index contributed by atoms with van der Waals surface area (Å²) in [6.07, 6.45) is 5.28. The first kappa shape index (κ1) is 27.1. The lowest BCUT2D eigenvalue weighted by Crippen LogP contribution is -2.40. The summed E-state index contributed by atoms with van der Waals surface area (Å²) in [4.78, 5) is 35.9. The van der Waals surface area contributed by atoms with Gasteiger partial charge in [0.15, 0.2) is 5.82 Å². The van der Waals surface area contributed by atoms with E-state index in [2.05, 4.69) is 21.5 Å². The standard InChI is InChI=1S/C30H33FN6O3/c1-18(2)30(39)36-12-10-20(11-13-36)24-16-37(27-26(24)34-17-35-28(27)32)22-7-4-19(5-8-22)15-33-29(38)23-14-21(31)6-9-25(23)40-3/h4-9,14,16-18,20H,10-13,15H2,1-3H3,(H,33,38)(H2,32,34,35). The van der Waals surface area contributed by atoms with Crippen LogP contribution in [0.4, 0.5) is 10.2 Å². The Bertz CT molecular complexity index is 1540. The van der Waals surface area contributed by atoms with E-state index in [4.69, 9.17) is 10.5 Å². The highest BCUT2D eigenvalue weighted by Gasteiger charge is 2.28. The highest BCUT2D eigenvalue weighted by molar-refractivity contribution is 5.97. The molecule has 208 valence electrons. The number of halogens is 1. The van der Waals surface area contributed by atoms with Gasteiger partial charge in [0.25, 0.3) is 5.91 Å². The zero-order valence-corrected chi connectivity index (χ0v) is 22.9. The number of amides is 2. The fourth-order valence-corrected chi connectivity index (χ4v) is 5.29. The summed E-state index contributed by atoms with van der Waals surface area (Å²) in [6.45, 7) is 5.56. The number of fused-ring (bicyclic) bond motifs is 1. The smallest absolute Gasteiger partial charge is 0.255 e. The van der Waals surface area contributed by atoms with E-state index in [9.17, 15) is 14.0 Å². The van der Waals surface area contributed by atoms with E-state index in [1.54, 1.807) is 0 Å². The number of nitrogens with zero attached hydrogens (tertiary/aromatic N) is 4. The van der Waals surface area contributed by atoms with E-state index in [0.29, 0.717) is 11.6 Å². The van der Waals surface area contributed by atoms with Crippen LogP contribution in [0.25, 0.3) is 16.7 Å². The van der Waals surface area contributed by atoms with E-state index in [0.717, 1.165) is 59.8 Å². The molecule has 2 aromatic heterocycles. The van der Waals surface area contributed by atoms with Crippen molar-refractivity contribution in [3.05, 3.63) is 77.5 Å². The van der Waals surface area contributed by atoms with Crippen molar-refractivity contribution >= 4 is 28.7 Å². The summed E-state index contributed by atoms with van der Waals surface area (Å²) in [5.74, 6) is 0.207. The van der Waals surface area contributed by atoms with Crippen molar-refractivity contribution in [3.8, 4) is 11.4 Å². The van der Waals surface area contributed by atoms with Crippen LogP contribution in [0, 0.1) is 11.7 Å². The predicted octanol–water partition coefficient (Wildman–Crippen LogP) is 4.44. The molecule has 5 rings (SSSR count). The molecule has 2 amide bonds. The molecule has 10 heteroatoms. The molecule has 0 radical (unpaired) electrons. The third-order valence-electron chi connectivity index (χ3n) is 7.45. The number of likely N-dealkylation sites (tertiary alicyclic amines) is 1. The number of anilines is 1. The number of nitrogens with one attached hydrogen (secondary N) is 1. The minimum atomic E-state index is -0.508. The van der Waals surface area contributed by atoms with Crippen LogP contribution in [-0.4, -0.2) is 51.4 Å². The lowest BCUT2D eigenvalue weighted by molar-refractivity contribution is -0.135. The Labute approximate surface area is 232 Å². The second-order valence-corrected chi connectivity index (χ2v) is 10.4. The first-order valence-electron chi connectivity index (χ1n) is 13.4. The second-order valence-electron chi connectivity index (χ2n) is 10.4. The van der Waals surface area contributed by atoms with Crippen molar-refractivity contribution in [1.29, 1.82) is 0 Å². The molecule has 1 aliphatic rings. The minimum absolute atomic E-state index is 0.00791. The lowest BCUT2D eigenvalue weighted by atomic mass is 9.90. The molecule has 0 aliphatic carbocycles. The number of hydrogen-bond acceptors (Lipinski definition) is 6. The fraction of sp³-hybridized carbons (Fsp3) is 0.333. The quantitative estimate of drug-likeness (QED) is 0.355. The summed E-state index contributed by atoms with van der Waals surface area (Å²) >= 11 is 0. The zero-order valence-electron chi connectivity index (χ0n) is 22.9.